The maximum Gasteiger partial charge on any atom is 0.307 e. The van der Waals surface area contributed by atoms with Crippen molar-refractivity contribution in [3.63, 3.8) is 0 Å². The number of hydrogen-bond acceptors (Lipinski definition) is 5. The number of aromatic hydroxyl groups is 1. The van der Waals surface area contributed by atoms with Crippen molar-refractivity contribution >= 4 is 35.1 Å². The lowest BCUT2D eigenvalue weighted by molar-refractivity contribution is -0.141. The maximum absolute atomic E-state index is 11.7. The standard InChI is InChI=1S/C22H22N2O4.ClH/c1-28-22(27)12-19(24-21(26)13-23)18-10-9-15(11-20(18)25)17-8-4-6-14-5-2-3-7-16(14)17;/h2-11,19,25H,12-13,23H2,1H3,(H,24,26);1H. The number of phenolic OH excluding ortho intramolecular Hbond substituents is 1. The van der Waals surface area contributed by atoms with Crippen LogP contribution < -0.4 is 11.1 Å². The zero-order valence-electron chi connectivity index (χ0n) is 15.9. The fraction of sp³-hybridized carbons (Fsp3) is 0.182. The van der Waals surface area contributed by atoms with E-state index < -0.39 is 17.9 Å². The van der Waals surface area contributed by atoms with Gasteiger partial charge in [-0.3, -0.25) is 9.59 Å². The highest BCUT2D eigenvalue weighted by atomic mass is 35.5. The topological polar surface area (TPSA) is 102 Å². The number of phenols is 1. The summed E-state index contributed by atoms with van der Waals surface area (Å²) < 4.78 is 4.70. The first-order valence-corrected chi connectivity index (χ1v) is 8.90. The molecule has 0 spiro atoms. The molecule has 0 aliphatic heterocycles. The number of halogens is 1. The number of fused-ring (bicyclic) bond motifs is 1. The van der Waals surface area contributed by atoms with E-state index in [-0.39, 0.29) is 31.1 Å². The molecular weight excluding hydrogens is 392 g/mol. The quantitative estimate of drug-likeness (QED) is 0.537. The minimum absolute atomic E-state index is 0. The van der Waals surface area contributed by atoms with E-state index in [1.165, 1.54) is 7.11 Å². The Morgan fingerprint density at radius 1 is 1.10 bits per heavy atom. The van der Waals surface area contributed by atoms with Gasteiger partial charge in [0, 0.05) is 5.56 Å². The number of carbonyl (C=O) groups excluding carboxylic acids is 2. The van der Waals surface area contributed by atoms with Crippen LogP contribution in [0.2, 0.25) is 0 Å². The number of nitrogens with two attached hydrogens (primary N) is 1. The molecule has 0 heterocycles. The van der Waals surface area contributed by atoms with Crippen molar-refractivity contribution in [1.29, 1.82) is 0 Å². The number of methoxy groups -OCH3 is 1. The molecule has 1 atom stereocenters. The Morgan fingerprint density at radius 3 is 2.52 bits per heavy atom. The van der Waals surface area contributed by atoms with Crippen molar-refractivity contribution in [3.8, 4) is 16.9 Å². The molecule has 6 nitrogen and oxygen atoms in total. The predicted octanol–water partition coefficient (Wildman–Crippen LogP) is 3.31. The van der Waals surface area contributed by atoms with Crippen molar-refractivity contribution in [2.75, 3.05) is 13.7 Å². The van der Waals surface area contributed by atoms with Crippen LogP contribution >= 0.6 is 12.4 Å². The van der Waals surface area contributed by atoms with Gasteiger partial charge < -0.3 is 20.9 Å². The van der Waals surface area contributed by atoms with Crippen LogP contribution in [0.1, 0.15) is 18.0 Å². The molecule has 0 bridgehead atoms. The third kappa shape index (κ3) is 5.04. The minimum Gasteiger partial charge on any atom is -0.508 e. The molecule has 4 N–H and O–H groups in total. The van der Waals surface area contributed by atoms with Crippen LogP contribution in [0.4, 0.5) is 0 Å². The molecule has 152 valence electrons. The van der Waals surface area contributed by atoms with Crippen LogP contribution in [0.15, 0.2) is 60.7 Å². The molecule has 7 heteroatoms. The second-order valence-electron chi connectivity index (χ2n) is 6.40. The van der Waals surface area contributed by atoms with Crippen LogP contribution in [-0.4, -0.2) is 30.6 Å². The van der Waals surface area contributed by atoms with Crippen molar-refractivity contribution in [2.45, 2.75) is 12.5 Å². The second-order valence-corrected chi connectivity index (χ2v) is 6.40. The lowest BCUT2D eigenvalue weighted by Crippen LogP contribution is -2.35. The summed E-state index contributed by atoms with van der Waals surface area (Å²) >= 11 is 0. The molecule has 0 fully saturated rings. The molecule has 0 saturated carbocycles. The first-order valence-electron chi connectivity index (χ1n) is 8.90. The molecule has 3 aromatic carbocycles. The van der Waals surface area contributed by atoms with Crippen molar-refractivity contribution in [3.05, 3.63) is 66.2 Å². The fourth-order valence-electron chi connectivity index (χ4n) is 3.23. The second kappa shape index (κ2) is 9.91. The third-order valence-electron chi connectivity index (χ3n) is 4.63. The van der Waals surface area contributed by atoms with Gasteiger partial charge in [0.05, 0.1) is 26.1 Å². The largest absolute Gasteiger partial charge is 0.508 e. The fourth-order valence-corrected chi connectivity index (χ4v) is 3.23. The Hall–Kier alpha value is -3.09. The third-order valence-corrected chi connectivity index (χ3v) is 4.63. The molecule has 0 saturated heterocycles. The van der Waals surface area contributed by atoms with Gasteiger partial charge in [-0.2, -0.15) is 0 Å². The number of rotatable bonds is 6. The molecule has 0 aromatic heterocycles. The summed E-state index contributed by atoms with van der Waals surface area (Å²) in [5, 5.41) is 15.5. The Bertz CT molecular complexity index is 999. The molecule has 1 amide bonds. The van der Waals surface area contributed by atoms with Crippen LogP contribution in [0, 0.1) is 0 Å². The van der Waals surface area contributed by atoms with Crippen molar-refractivity contribution < 1.29 is 19.4 Å². The summed E-state index contributed by atoms with van der Waals surface area (Å²) in [6.07, 6.45) is -0.108. The number of benzene rings is 3. The average molecular weight is 415 g/mol. The monoisotopic (exact) mass is 414 g/mol. The Kier molecular flexibility index (Phi) is 7.59. The van der Waals surface area contributed by atoms with Gasteiger partial charge in [-0.1, -0.05) is 54.6 Å². The predicted molar refractivity (Wildman–Crippen MR) is 115 cm³/mol. The highest BCUT2D eigenvalue weighted by Crippen LogP contribution is 2.34. The summed E-state index contributed by atoms with van der Waals surface area (Å²) in [5.41, 5.74) is 7.60. The van der Waals surface area contributed by atoms with E-state index in [0.29, 0.717) is 5.56 Å². The molecule has 0 radical (unpaired) electrons. The summed E-state index contributed by atoms with van der Waals surface area (Å²) in [6.45, 7) is -0.216. The zero-order valence-corrected chi connectivity index (χ0v) is 16.7. The van der Waals surface area contributed by atoms with Gasteiger partial charge in [0.25, 0.3) is 0 Å². The van der Waals surface area contributed by atoms with E-state index in [0.717, 1.165) is 21.9 Å². The summed E-state index contributed by atoms with van der Waals surface area (Å²) in [7, 11) is 1.27. The van der Waals surface area contributed by atoms with Gasteiger partial charge in [0.2, 0.25) is 5.91 Å². The molecule has 1 unspecified atom stereocenters. The lowest BCUT2D eigenvalue weighted by atomic mass is 9.95. The van der Waals surface area contributed by atoms with E-state index in [9.17, 15) is 14.7 Å². The number of nitrogens with one attached hydrogen (secondary N) is 1. The molecule has 0 aliphatic rings. The van der Waals surface area contributed by atoms with E-state index in [2.05, 4.69) is 5.32 Å². The average Bonchev–Trinajstić information content (AvgIpc) is 2.72. The minimum atomic E-state index is -0.731. The smallest absolute Gasteiger partial charge is 0.307 e. The van der Waals surface area contributed by atoms with Crippen molar-refractivity contribution in [2.24, 2.45) is 5.73 Å². The van der Waals surface area contributed by atoms with Crippen LogP contribution in [-0.2, 0) is 14.3 Å². The summed E-state index contributed by atoms with van der Waals surface area (Å²) in [4.78, 5) is 23.5. The van der Waals surface area contributed by atoms with Gasteiger partial charge in [0.1, 0.15) is 5.75 Å². The number of esters is 1. The molecule has 3 rings (SSSR count). The van der Waals surface area contributed by atoms with Gasteiger partial charge in [-0.05, 0) is 28.0 Å². The van der Waals surface area contributed by atoms with Gasteiger partial charge in [0.15, 0.2) is 0 Å². The van der Waals surface area contributed by atoms with Crippen LogP contribution in [0.25, 0.3) is 21.9 Å². The maximum atomic E-state index is 11.7. The Morgan fingerprint density at radius 2 is 1.83 bits per heavy atom. The molecule has 29 heavy (non-hydrogen) atoms. The number of ether oxygens (including phenoxy) is 1. The molecule has 3 aromatic rings. The Balaban J connectivity index is 0.00000300. The van der Waals surface area contributed by atoms with Gasteiger partial charge in [-0.15, -0.1) is 12.4 Å². The first-order chi connectivity index (χ1) is 13.5. The molecular formula is C22H23ClN2O4. The van der Waals surface area contributed by atoms with Crippen LogP contribution in [0.3, 0.4) is 0 Å². The highest BCUT2D eigenvalue weighted by molar-refractivity contribution is 5.96. The van der Waals surface area contributed by atoms with Gasteiger partial charge in [-0.25, -0.2) is 0 Å². The number of carbonyl (C=O) groups is 2. The number of hydrogen-bond donors (Lipinski definition) is 3. The van der Waals surface area contributed by atoms with Crippen molar-refractivity contribution in [1.82, 2.24) is 5.32 Å². The normalized spacial score (nSPS) is 11.4. The Labute approximate surface area is 175 Å². The number of amides is 1. The molecule has 0 aliphatic carbocycles. The summed E-state index contributed by atoms with van der Waals surface area (Å²) in [5.74, 6) is -0.942. The van der Waals surface area contributed by atoms with E-state index in [1.807, 2.05) is 48.5 Å². The van der Waals surface area contributed by atoms with E-state index in [1.54, 1.807) is 12.1 Å². The summed E-state index contributed by atoms with van der Waals surface area (Å²) in [6, 6.07) is 18.4. The lowest BCUT2D eigenvalue weighted by Gasteiger charge is -2.19. The van der Waals surface area contributed by atoms with E-state index in [4.69, 9.17) is 10.5 Å². The SMILES string of the molecule is COC(=O)CC(NC(=O)CN)c1ccc(-c2cccc3ccccc23)cc1O.Cl. The first kappa shape index (κ1) is 22.2. The highest BCUT2D eigenvalue weighted by Gasteiger charge is 2.22. The zero-order chi connectivity index (χ0) is 20.1. The van der Waals surface area contributed by atoms with E-state index >= 15 is 0 Å². The van der Waals surface area contributed by atoms with Gasteiger partial charge >= 0.3 is 5.97 Å². The van der Waals surface area contributed by atoms with Crippen LogP contribution in [0.5, 0.6) is 5.75 Å².